The molecule has 0 saturated heterocycles. The zero-order valence-corrected chi connectivity index (χ0v) is 13.3. The molecule has 0 saturated carbocycles. The van der Waals surface area contributed by atoms with Crippen LogP contribution in [-0.4, -0.2) is 21.9 Å². The molecule has 0 fully saturated rings. The molecule has 0 atom stereocenters. The van der Waals surface area contributed by atoms with Crippen molar-refractivity contribution in [3.8, 4) is 0 Å². The topological polar surface area (TPSA) is 84.0 Å². The van der Waals surface area contributed by atoms with Gasteiger partial charge in [0, 0.05) is 23.6 Å². The number of carbonyl (C=O) groups excluding carboxylic acids is 2. The Labute approximate surface area is 149 Å². The van der Waals surface area contributed by atoms with E-state index in [0.29, 0.717) is 23.2 Å². The van der Waals surface area contributed by atoms with Crippen molar-refractivity contribution in [3.05, 3.63) is 65.7 Å². The SMILES string of the molecule is O=C(NC(=O)c1ccc2nccnc2c1)Nc1ccc(F)c(C(F)(F)F)c1. The van der Waals surface area contributed by atoms with E-state index in [1.807, 2.05) is 5.32 Å². The number of nitrogens with zero attached hydrogens (tertiary/aromatic N) is 2. The standard InChI is InChI=1S/C17H10F4N4O2/c18-12-3-2-10(8-11(12)17(19,20)21)24-16(27)25-15(26)9-1-4-13-14(7-9)23-6-5-22-13/h1-8H,(H2,24,25,26,27). The Hall–Kier alpha value is -3.56. The largest absolute Gasteiger partial charge is 0.419 e. The van der Waals surface area contributed by atoms with Crippen LogP contribution in [0.3, 0.4) is 0 Å². The van der Waals surface area contributed by atoms with E-state index in [4.69, 9.17) is 0 Å². The average Bonchev–Trinajstić information content (AvgIpc) is 2.62. The van der Waals surface area contributed by atoms with Crippen molar-refractivity contribution in [2.24, 2.45) is 0 Å². The van der Waals surface area contributed by atoms with Crippen LogP contribution in [0.2, 0.25) is 0 Å². The number of nitrogens with one attached hydrogen (secondary N) is 2. The molecular formula is C17H10F4N4O2. The van der Waals surface area contributed by atoms with Crippen molar-refractivity contribution < 1.29 is 27.2 Å². The fraction of sp³-hybridized carbons (Fsp3) is 0.0588. The highest BCUT2D eigenvalue weighted by molar-refractivity contribution is 6.08. The number of benzene rings is 2. The lowest BCUT2D eigenvalue weighted by Gasteiger charge is -2.11. The first-order valence-electron chi connectivity index (χ1n) is 7.44. The van der Waals surface area contributed by atoms with E-state index < -0.39 is 29.5 Å². The maximum atomic E-state index is 13.2. The minimum absolute atomic E-state index is 0.105. The van der Waals surface area contributed by atoms with Gasteiger partial charge in [0.05, 0.1) is 16.6 Å². The summed E-state index contributed by atoms with van der Waals surface area (Å²) >= 11 is 0. The number of carbonyl (C=O) groups is 2. The number of imide groups is 1. The first-order chi connectivity index (χ1) is 12.7. The van der Waals surface area contributed by atoms with Crippen molar-refractivity contribution in [3.63, 3.8) is 0 Å². The van der Waals surface area contributed by atoms with Gasteiger partial charge in [-0.2, -0.15) is 13.2 Å². The van der Waals surface area contributed by atoms with Gasteiger partial charge in [-0.3, -0.25) is 20.1 Å². The second-order valence-electron chi connectivity index (χ2n) is 5.36. The third kappa shape index (κ3) is 4.17. The summed E-state index contributed by atoms with van der Waals surface area (Å²) in [6.07, 6.45) is -2.00. The van der Waals surface area contributed by atoms with Crippen molar-refractivity contribution in [1.29, 1.82) is 0 Å². The van der Waals surface area contributed by atoms with Crippen LogP contribution in [0.15, 0.2) is 48.8 Å². The van der Waals surface area contributed by atoms with E-state index in [1.54, 1.807) is 0 Å². The van der Waals surface area contributed by atoms with Crippen LogP contribution < -0.4 is 10.6 Å². The molecule has 2 N–H and O–H groups in total. The number of fused-ring (bicyclic) bond motifs is 1. The Kier molecular flexibility index (Phi) is 4.72. The fourth-order valence-electron chi connectivity index (χ4n) is 2.26. The molecule has 1 aromatic heterocycles. The van der Waals surface area contributed by atoms with Crippen LogP contribution in [-0.2, 0) is 6.18 Å². The fourth-order valence-corrected chi connectivity index (χ4v) is 2.26. The van der Waals surface area contributed by atoms with Gasteiger partial charge in [0.1, 0.15) is 5.82 Å². The van der Waals surface area contributed by atoms with Crippen LogP contribution in [0.5, 0.6) is 0 Å². The molecule has 10 heteroatoms. The van der Waals surface area contributed by atoms with Crippen LogP contribution in [0, 0.1) is 5.82 Å². The van der Waals surface area contributed by atoms with Gasteiger partial charge in [-0.1, -0.05) is 0 Å². The third-order valence-electron chi connectivity index (χ3n) is 3.49. The number of hydrogen-bond donors (Lipinski definition) is 2. The number of halogens is 4. The normalized spacial score (nSPS) is 11.3. The van der Waals surface area contributed by atoms with E-state index in [9.17, 15) is 27.2 Å². The molecule has 3 rings (SSSR count). The van der Waals surface area contributed by atoms with Gasteiger partial charge in [-0.25, -0.2) is 9.18 Å². The Morgan fingerprint density at radius 2 is 1.63 bits per heavy atom. The number of alkyl halides is 3. The first kappa shape index (κ1) is 18.2. The predicted octanol–water partition coefficient (Wildman–Crippen LogP) is 3.75. The van der Waals surface area contributed by atoms with Crippen LogP contribution >= 0.6 is 0 Å². The molecule has 138 valence electrons. The number of anilines is 1. The van der Waals surface area contributed by atoms with E-state index in [0.717, 1.165) is 6.07 Å². The molecule has 2 aromatic carbocycles. The summed E-state index contributed by atoms with van der Waals surface area (Å²) in [6.45, 7) is 0. The predicted molar refractivity (Wildman–Crippen MR) is 87.4 cm³/mol. The highest BCUT2D eigenvalue weighted by Gasteiger charge is 2.34. The first-order valence-corrected chi connectivity index (χ1v) is 7.44. The summed E-state index contributed by atoms with van der Waals surface area (Å²) in [5.74, 6) is -2.26. The van der Waals surface area contributed by atoms with Gasteiger partial charge in [-0.15, -0.1) is 0 Å². The molecule has 0 aliphatic rings. The molecule has 0 aliphatic carbocycles. The van der Waals surface area contributed by atoms with Crippen molar-refractivity contribution in [1.82, 2.24) is 15.3 Å². The lowest BCUT2D eigenvalue weighted by atomic mass is 10.1. The molecule has 0 aliphatic heterocycles. The molecule has 27 heavy (non-hydrogen) atoms. The van der Waals surface area contributed by atoms with Gasteiger partial charge in [-0.05, 0) is 36.4 Å². The highest BCUT2D eigenvalue weighted by atomic mass is 19.4. The maximum absolute atomic E-state index is 13.2. The van der Waals surface area contributed by atoms with Crippen molar-refractivity contribution in [2.45, 2.75) is 6.18 Å². The van der Waals surface area contributed by atoms with E-state index in [2.05, 4.69) is 15.3 Å². The minimum atomic E-state index is -4.92. The number of aromatic nitrogens is 2. The summed E-state index contributed by atoms with van der Waals surface area (Å²) < 4.78 is 51.3. The number of hydrogen-bond acceptors (Lipinski definition) is 4. The summed E-state index contributed by atoms with van der Waals surface area (Å²) in [5, 5.41) is 4.02. The zero-order chi connectivity index (χ0) is 19.6. The second-order valence-corrected chi connectivity index (χ2v) is 5.36. The minimum Gasteiger partial charge on any atom is -0.308 e. The van der Waals surface area contributed by atoms with Crippen LogP contribution in [0.1, 0.15) is 15.9 Å². The van der Waals surface area contributed by atoms with E-state index in [-0.39, 0.29) is 11.3 Å². The average molecular weight is 378 g/mol. The zero-order valence-electron chi connectivity index (χ0n) is 13.3. The third-order valence-corrected chi connectivity index (χ3v) is 3.49. The Morgan fingerprint density at radius 1 is 0.926 bits per heavy atom. The number of urea groups is 1. The smallest absolute Gasteiger partial charge is 0.308 e. The molecule has 3 amide bonds. The molecule has 0 unspecified atom stereocenters. The van der Waals surface area contributed by atoms with Gasteiger partial charge < -0.3 is 5.32 Å². The maximum Gasteiger partial charge on any atom is 0.419 e. The number of amides is 3. The molecule has 0 bridgehead atoms. The van der Waals surface area contributed by atoms with E-state index >= 15 is 0 Å². The van der Waals surface area contributed by atoms with Gasteiger partial charge >= 0.3 is 12.2 Å². The van der Waals surface area contributed by atoms with Gasteiger partial charge in [0.25, 0.3) is 5.91 Å². The van der Waals surface area contributed by atoms with Gasteiger partial charge in [0.2, 0.25) is 0 Å². The second kappa shape index (κ2) is 6.98. The van der Waals surface area contributed by atoms with Crippen molar-refractivity contribution >= 4 is 28.7 Å². The van der Waals surface area contributed by atoms with Gasteiger partial charge in [0.15, 0.2) is 0 Å². The van der Waals surface area contributed by atoms with Crippen LogP contribution in [0.4, 0.5) is 28.0 Å². The highest BCUT2D eigenvalue weighted by Crippen LogP contribution is 2.32. The Balaban J connectivity index is 1.72. The summed E-state index contributed by atoms with van der Waals surface area (Å²) in [4.78, 5) is 32.0. The summed E-state index contributed by atoms with van der Waals surface area (Å²) in [7, 11) is 0. The molecule has 1 heterocycles. The Morgan fingerprint density at radius 3 is 2.33 bits per heavy atom. The van der Waals surface area contributed by atoms with E-state index in [1.165, 1.54) is 30.6 Å². The number of rotatable bonds is 2. The quantitative estimate of drug-likeness (QED) is 0.666. The summed E-state index contributed by atoms with van der Waals surface area (Å²) in [6, 6.07) is 5.24. The lowest BCUT2D eigenvalue weighted by Crippen LogP contribution is -2.34. The molecule has 6 nitrogen and oxygen atoms in total. The lowest BCUT2D eigenvalue weighted by molar-refractivity contribution is -0.139. The molecule has 0 spiro atoms. The monoisotopic (exact) mass is 378 g/mol. The summed E-state index contributed by atoms with van der Waals surface area (Å²) in [5.41, 5.74) is -0.769. The molecule has 3 aromatic rings. The van der Waals surface area contributed by atoms with Crippen molar-refractivity contribution in [2.75, 3.05) is 5.32 Å². The molecule has 0 radical (unpaired) electrons. The Bertz CT molecular complexity index is 1040. The molecular weight excluding hydrogens is 368 g/mol. The van der Waals surface area contributed by atoms with Crippen LogP contribution in [0.25, 0.3) is 11.0 Å².